The van der Waals surface area contributed by atoms with Crippen molar-refractivity contribution in [2.45, 2.75) is 18.9 Å². The number of anilines is 1. The van der Waals surface area contributed by atoms with Gasteiger partial charge in [0.2, 0.25) is 0 Å². The van der Waals surface area contributed by atoms with E-state index >= 15 is 0 Å². The third-order valence-corrected chi connectivity index (χ3v) is 4.28. The van der Waals surface area contributed by atoms with Gasteiger partial charge < -0.3 is 10.6 Å². The molecule has 0 fully saturated rings. The van der Waals surface area contributed by atoms with Gasteiger partial charge in [-0.15, -0.1) is 0 Å². The first kappa shape index (κ1) is 14.0. The molecular formula is C17H18ClN3. The van der Waals surface area contributed by atoms with Crippen molar-refractivity contribution >= 4 is 23.2 Å². The predicted octanol–water partition coefficient (Wildman–Crippen LogP) is 3.65. The Morgan fingerprint density at radius 1 is 1.14 bits per heavy atom. The van der Waals surface area contributed by atoms with Crippen molar-refractivity contribution in [3.05, 3.63) is 65.2 Å². The monoisotopic (exact) mass is 299 g/mol. The molecule has 4 heteroatoms. The van der Waals surface area contributed by atoms with E-state index in [2.05, 4.69) is 41.1 Å². The van der Waals surface area contributed by atoms with E-state index in [0.29, 0.717) is 18.4 Å². The Bertz CT molecular complexity index is 637. The molecule has 2 aromatic rings. The van der Waals surface area contributed by atoms with E-state index in [1.54, 1.807) is 0 Å². The zero-order valence-corrected chi connectivity index (χ0v) is 12.7. The molecule has 3 nitrogen and oxygen atoms in total. The SMILES string of the molecule is CC(c1ccccc1)C1CN=C(N)N1c1ccc(Cl)cc1. The summed E-state index contributed by atoms with van der Waals surface area (Å²) in [6.45, 7) is 2.93. The van der Waals surface area contributed by atoms with E-state index in [4.69, 9.17) is 17.3 Å². The lowest BCUT2D eigenvalue weighted by Gasteiger charge is -2.31. The molecule has 0 saturated carbocycles. The van der Waals surface area contributed by atoms with Crippen LogP contribution in [0.15, 0.2) is 59.6 Å². The Kier molecular flexibility index (Phi) is 3.84. The fourth-order valence-electron chi connectivity index (χ4n) is 2.80. The van der Waals surface area contributed by atoms with Gasteiger partial charge in [0.25, 0.3) is 0 Å². The van der Waals surface area contributed by atoms with Crippen molar-refractivity contribution in [3.63, 3.8) is 0 Å². The lowest BCUT2D eigenvalue weighted by atomic mass is 9.92. The van der Waals surface area contributed by atoms with Gasteiger partial charge >= 0.3 is 0 Å². The molecule has 0 spiro atoms. The Balaban J connectivity index is 1.90. The minimum Gasteiger partial charge on any atom is -0.370 e. The molecule has 21 heavy (non-hydrogen) atoms. The first-order valence-corrected chi connectivity index (χ1v) is 7.44. The van der Waals surface area contributed by atoms with Crippen molar-refractivity contribution in [2.24, 2.45) is 10.7 Å². The van der Waals surface area contributed by atoms with E-state index < -0.39 is 0 Å². The number of nitrogens with two attached hydrogens (primary N) is 1. The van der Waals surface area contributed by atoms with Gasteiger partial charge in [-0.3, -0.25) is 4.99 Å². The molecule has 2 N–H and O–H groups in total. The van der Waals surface area contributed by atoms with Crippen LogP contribution in [0, 0.1) is 0 Å². The molecular weight excluding hydrogens is 282 g/mol. The summed E-state index contributed by atoms with van der Waals surface area (Å²) < 4.78 is 0. The largest absolute Gasteiger partial charge is 0.370 e. The van der Waals surface area contributed by atoms with Gasteiger partial charge in [-0.25, -0.2) is 0 Å². The first-order chi connectivity index (χ1) is 10.2. The molecule has 2 aromatic carbocycles. The summed E-state index contributed by atoms with van der Waals surface area (Å²) in [5.74, 6) is 0.914. The number of guanidine groups is 1. The topological polar surface area (TPSA) is 41.6 Å². The molecule has 2 unspecified atom stereocenters. The Hall–Kier alpha value is -2.00. The van der Waals surface area contributed by atoms with Crippen molar-refractivity contribution in [2.75, 3.05) is 11.4 Å². The normalized spacial score (nSPS) is 19.4. The van der Waals surface area contributed by atoms with E-state index in [0.717, 1.165) is 10.7 Å². The summed E-state index contributed by atoms with van der Waals surface area (Å²) in [5.41, 5.74) is 8.43. The molecule has 1 heterocycles. The molecule has 3 rings (SSSR count). The highest BCUT2D eigenvalue weighted by atomic mass is 35.5. The van der Waals surface area contributed by atoms with Gasteiger partial charge in [-0.05, 0) is 29.8 Å². The fraction of sp³-hybridized carbons (Fsp3) is 0.235. The lowest BCUT2D eigenvalue weighted by molar-refractivity contribution is 0.595. The lowest BCUT2D eigenvalue weighted by Crippen LogP contribution is -2.43. The second-order valence-corrected chi connectivity index (χ2v) is 5.75. The third kappa shape index (κ3) is 2.74. The number of rotatable bonds is 3. The summed E-state index contributed by atoms with van der Waals surface area (Å²) in [4.78, 5) is 6.54. The van der Waals surface area contributed by atoms with Gasteiger partial charge in [0.15, 0.2) is 5.96 Å². The molecule has 1 aliphatic heterocycles. The van der Waals surface area contributed by atoms with Gasteiger partial charge in [0.05, 0.1) is 12.6 Å². The minimum atomic E-state index is 0.230. The molecule has 0 saturated heterocycles. The maximum Gasteiger partial charge on any atom is 0.196 e. The van der Waals surface area contributed by atoms with Gasteiger partial charge in [-0.2, -0.15) is 0 Å². The molecule has 0 aromatic heterocycles. The smallest absolute Gasteiger partial charge is 0.196 e. The molecule has 2 atom stereocenters. The van der Waals surface area contributed by atoms with Crippen LogP contribution in [0.1, 0.15) is 18.4 Å². The molecule has 0 amide bonds. The predicted molar refractivity (Wildman–Crippen MR) is 89.1 cm³/mol. The van der Waals surface area contributed by atoms with Crippen molar-refractivity contribution in [3.8, 4) is 0 Å². The standard InChI is InChI=1S/C17H18ClN3/c1-12(13-5-3-2-4-6-13)16-11-20-17(19)21(16)15-9-7-14(18)8-10-15/h2-10,12,16H,11H2,1H3,(H2,19,20). The maximum atomic E-state index is 6.10. The van der Waals surface area contributed by atoms with E-state index in [1.807, 2.05) is 30.3 Å². The molecule has 108 valence electrons. The Morgan fingerprint density at radius 3 is 2.48 bits per heavy atom. The zero-order valence-electron chi connectivity index (χ0n) is 11.9. The van der Waals surface area contributed by atoms with Crippen LogP contribution in [-0.2, 0) is 0 Å². The van der Waals surface area contributed by atoms with Crippen LogP contribution in [0.3, 0.4) is 0 Å². The van der Waals surface area contributed by atoms with E-state index in [-0.39, 0.29) is 6.04 Å². The highest BCUT2D eigenvalue weighted by molar-refractivity contribution is 6.30. The second kappa shape index (κ2) is 5.78. The van der Waals surface area contributed by atoms with Crippen LogP contribution in [0.5, 0.6) is 0 Å². The van der Waals surface area contributed by atoms with Crippen LogP contribution in [0.4, 0.5) is 5.69 Å². The number of aliphatic imine (C=N–C) groups is 1. The Labute approximate surface area is 130 Å². The zero-order chi connectivity index (χ0) is 14.8. The van der Waals surface area contributed by atoms with Gasteiger partial charge in [-0.1, -0.05) is 48.9 Å². The third-order valence-electron chi connectivity index (χ3n) is 4.03. The number of halogens is 1. The van der Waals surface area contributed by atoms with E-state index in [1.165, 1.54) is 5.56 Å². The summed E-state index contributed by atoms with van der Waals surface area (Å²) in [5, 5.41) is 0.723. The van der Waals surface area contributed by atoms with Crippen molar-refractivity contribution in [1.82, 2.24) is 0 Å². The summed E-state index contributed by atoms with van der Waals surface area (Å²) in [6, 6.07) is 18.4. The van der Waals surface area contributed by atoms with Crippen molar-refractivity contribution in [1.29, 1.82) is 0 Å². The van der Waals surface area contributed by atoms with Gasteiger partial charge in [0, 0.05) is 16.6 Å². The Morgan fingerprint density at radius 2 is 1.81 bits per heavy atom. The fourth-order valence-corrected chi connectivity index (χ4v) is 2.93. The highest BCUT2D eigenvalue weighted by Gasteiger charge is 2.32. The molecule has 1 aliphatic rings. The van der Waals surface area contributed by atoms with Crippen molar-refractivity contribution < 1.29 is 0 Å². The summed E-state index contributed by atoms with van der Waals surface area (Å²) >= 11 is 5.97. The van der Waals surface area contributed by atoms with Gasteiger partial charge in [0.1, 0.15) is 0 Å². The van der Waals surface area contributed by atoms with E-state index in [9.17, 15) is 0 Å². The number of nitrogens with zero attached hydrogens (tertiary/aromatic N) is 2. The molecule has 0 aliphatic carbocycles. The number of hydrogen-bond donors (Lipinski definition) is 1. The maximum absolute atomic E-state index is 6.10. The molecule has 0 bridgehead atoms. The highest BCUT2D eigenvalue weighted by Crippen LogP contribution is 2.31. The van der Waals surface area contributed by atoms with Crippen LogP contribution in [-0.4, -0.2) is 18.5 Å². The first-order valence-electron chi connectivity index (χ1n) is 7.06. The second-order valence-electron chi connectivity index (χ2n) is 5.31. The van der Waals surface area contributed by atoms with Crippen LogP contribution in [0.25, 0.3) is 0 Å². The average Bonchev–Trinajstić information content (AvgIpc) is 2.90. The number of hydrogen-bond acceptors (Lipinski definition) is 3. The van der Waals surface area contributed by atoms with Crippen LogP contribution >= 0.6 is 11.6 Å². The number of benzene rings is 2. The van der Waals surface area contributed by atoms with Crippen LogP contribution in [0.2, 0.25) is 5.02 Å². The quantitative estimate of drug-likeness (QED) is 0.940. The minimum absolute atomic E-state index is 0.230. The molecule has 0 radical (unpaired) electrons. The summed E-state index contributed by atoms with van der Waals surface area (Å²) in [6.07, 6.45) is 0. The summed E-state index contributed by atoms with van der Waals surface area (Å²) in [7, 11) is 0. The average molecular weight is 300 g/mol. The van der Waals surface area contributed by atoms with Crippen LogP contribution < -0.4 is 10.6 Å².